The quantitative estimate of drug-likeness (QED) is 0.776. The van der Waals surface area contributed by atoms with Crippen LogP contribution in [-0.2, 0) is 0 Å². The minimum absolute atomic E-state index is 0.700. The molecule has 0 atom stereocenters. The van der Waals surface area contributed by atoms with Gasteiger partial charge in [-0.15, -0.1) is 0 Å². The Balaban J connectivity index is 2.02. The second-order valence-corrected chi connectivity index (χ2v) is 4.34. The summed E-state index contributed by atoms with van der Waals surface area (Å²) in [5, 5.41) is 4.16. The van der Waals surface area contributed by atoms with Gasteiger partial charge in [0.25, 0.3) is 0 Å². The van der Waals surface area contributed by atoms with Crippen LogP contribution in [0.3, 0.4) is 0 Å². The maximum absolute atomic E-state index is 5.42. The highest BCUT2D eigenvalue weighted by Crippen LogP contribution is 2.26. The number of thiazole rings is 1. The molecule has 5 heteroatoms. The van der Waals surface area contributed by atoms with Crippen LogP contribution in [0.2, 0.25) is 0 Å². The molecule has 0 aliphatic carbocycles. The summed E-state index contributed by atoms with van der Waals surface area (Å²) in [7, 11) is 0. The average molecular weight is 234 g/mol. The summed E-state index contributed by atoms with van der Waals surface area (Å²) >= 11 is 1.61. The van der Waals surface area contributed by atoms with E-state index in [9.17, 15) is 0 Å². The maximum Gasteiger partial charge on any atom is 0.183 e. The van der Waals surface area contributed by atoms with E-state index in [-0.39, 0.29) is 0 Å². The van der Waals surface area contributed by atoms with Gasteiger partial charge in [0.05, 0.1) is 10.6 Å². The lowest BCUT2D eigenvalue weighted by Crippen LogP contribution is -2.07. The van der Waals surface area contributed by atoms with Gasteiger partial charge >= 0.3 is 0 Å². The SMILES string of the molecule is NCCCNc1ncc(-c2ccccn2)s1. The number of nitrogens with two attached hydrogens (primary N) is 1. The molecule has 0 saturated carbocycles. The van der Waals surface area contributed by atoms with E-state index in [1.54, 1.807) is 17.5 Å². The Morgan fingerprint density at radius 3 is 3.00 bits per heavy atom. The summed E-state index contributed by atoms with van der Waals surface area (Å²) in [6.07, 6.45) is 4.59. The zero-order valence-electron chi connectivity index (χ0n) is 8.89. The molecule has 16 heavy (non-hydrogen) atoms. The van der Waals surface area contributed by atoms with Gasteiger partial charge in [0.1, 0.15) is 0 Å². The molecule has 0 fully saturated rings. The van der Waals surface area contributed by atoms with Crippen molar-refractivity contribution in [1.29, 1.82) is 0 Å². The van der Waals surface area contributed by atoms with Gasteiger partial charge in [-0.25, -0.2) is 4.98 Å². The molecule has 0 aliphatic rings. The van der Waals surface area contributed by atoms with Crippen molar-refractivity contribution in [2.24, 2.45) is 5.73 Å². The van der Waals surface area contributed by atoms with Crippen LogP contribution in [0.4, 0.5) is 5.13 Å². The molecule has 0 unspecified atom stereocenters. The molecule has 0 bridgehead atoms. The Labute approximate surface area is 98.6 Å². The molecule has 4 nitrogen and oxygen atoms in total. The number of anilines is 1. The third-order valence-electron chi connectivity index (χ3n) is 2.08. The van der Waals surface area contributed by atoms with Crippen LogP contribution in [0, 0.1) is 0 Å². The third kappa shape index (κ3) is 2.77. The summed E-state index contributed by atoms with van der Waals surface area (Å²) in [6, 6.07) is 5.87. The molecule has 84 valence electrons. The van der Waals surface area contributed by atoms with Gasteiger partial charge in [-0.05, 0) is 25.1 Å². The highest BCUT2D eigenvalue weighted by molar-refractivity contribution is 7.18. The van der Waals surface area contributed by atoms with E-state index < -0.39 is 0 Å². The number of nitrogens with one attached hydrogen (secondary N) is 1. The summed E-state index contributed by atoms with van der Waals surface area (Å²) < 4.78 is 0. The van der Waals surface area contributed by atoms with E-state index in [4.69, 9.17) is 5.73 Å². The molecule has 2 aromatic rings. The second-order valence-electron chi connectivity index (χ2n) is 3.31. The lowest BCUT2D eigenvalue weighted by molar-refractivity contribution is 0.873. The molecular weight excluding hydrogens is 220 g/mol. The molecule has 0 aliphatic heterocycles. The van der Waals surface area contributed by atoms with Crippen LogP contribution in [-0.4, -0.2) is 23.1 Å². The Hall–Kier alpha value is -1.46. The molecule has 0 aromatic carbocycles. The summed E-state index contributed by atoms with van der Waals surface area (Å²) in [5.74, 6) is 0. The number of aromatic nitrogens is 2. The van der Waals surface area contributed by atoms with Crippen molar-refractivity contribution >= 4 is 16.5 Å². The van der Waals surface area contributed by atoms with Crippen molar-refractivity contribution in [2.75, 3.05) is 18.4 Å². The second kappa shape index (κ2) is 5.58. The van der Waals surface area contributed by atoms with Gasteiger partial charge in [0.2, 0.25) is 0 Å². The first-order valence-electron chi connectivity index (χ1n) is 5.21. The molecule has 2 rings (SSSR count). The number of hydrogen-bond donors (Lipinski definition) is 2. The number of nitrogens with zero attached hydrogens (tertiary/aromatic N) is 2. The van der Waals surface area contributed by atoms with E-state index in [2.05, 4.69) is 15.3 Å². The van der Waals surface area contributed by atoms with Crippen LogP contribution >= 0.6 is 11.3 Å². The Morgan fingerprint density at radius 2 is 2.25 bits per heavy atom. The normalized spacial score (nSPS) is 10.3. The van der Waals surface area contributed by atoms with Gasteiger partial charge in [-0.3, -0.25) is 4.98 Å². The predicted octanol–water partition coefficient (Wildman–Crippen LogP) is 1.97. The molecule has 2 aromatic heterocycles. The summed E-state index contributed by atoms with van der Waals surface area (Å²) in [6.45, 7) is 1.57. The third-order valence-corrected chi connectivity index (χ3v) is 3.06. The van der Waals surface area contributed by atoms with Gasteiger partial charge in [-0.1, -0.05) is 17.4 Å². The Kier molecular flexibility index (Phi) is 3.85. The Bertz CT molecular complexity index is 427. The van der Waals surface area contributed by atoms with Crippen molar-refractivity contribution in [3.05, 3.63) is 30.6 Å². The van der Waals surface area contributed by atoms with Crippen LogP contribution in [0.15, 0.2) is 30.6 Å². The van der Waals surface area contributed by atoms with Crippen molar-refractivity contribution in [2.45, 2.75) is 6.42 Å². The first-order chi connectivity index (χ1) is 7.90. The van der Waals surface area contributed by atoms with Crippen molar-refractivity contribution in [1.82, 2.24) is 9.97 Å². The lowest BCUT2D eigenvalue weighted by Gasteiger charge is -1.98. The molecule has 3 N–H and O–H groups in total. The van der Waals surface area contributed by atoms with E-state index in [0.29, 0.717) is 6.54 Å². The van der Waals surface area contributed by atoms with Crippen molar-refractivity contribution < 1.29 is 0 Å². The number of hydrogen-bond acceptors (Lipinski definition) is 5. The van der Waals surface area contributed by atoms with Gasteiger partial charge < -0.3 is 11.1 Å². The van der Waals surface area contributed by atoms with Crippen molar-refractivity contribution in [3.8, 4) is 10.6 Å². The van der Waals surface area contributed by atoms with Gasteiger partial charge in [0.15, 0.2) is 5.13 Å². The molecule has 0 saturated heterocycles. The average Bonchev–Trinajstić information content (AvgIpc) is 2.79. The highest BCUT2D eigenvalue weighted by Gasteiger charge is 2.03. The fourth-order valence-corrected chi connectivity index (χ4v) is 2.10. The van der Waals surface area contributed by atoms with Gasteiger partial charge in [0, 0.05) is 18.9 Å². The predicted molar refractivity (Wildman–Crippen MR) is 67.5 cm³/mol. The smallest absolute Gasteiger partial charge is 0.183 e. The van der Waals surface area contributed by atoms with Crippen molar-refractivity contribution in [3.63, 3.8) is 0 Å². The van der Waals surface area contributed by atoms with Gasteiger partial charge in [-0.2, -0.15) is 0 Å². The highest BCUT2D eigenvalue weighted by atomic mass is 32.1. The molecular formula is C11H14N4S. The molecule has 0 amide bonds. The number of rotatable bonds is 5. The number of pyridine rings is 1. The first-order valence-corrected chi connectivity index (χ1v) is 6.03. The monoisotopic (exact) mass is 234 g/mol. The first kappa shape index (κ1) is 11.0. The van der Waals surface area contributed by atoms with Crippen LogP contribution in [0.5, 0.6) is 0 Å². The standard InChI is InChI=1S/C11H14N4S/c12-5-3-7-14-11-15-8-10(16-11)9-4-1-2-6-13-9/h1-2,4,6,8H,3,5,7,12H2,(H,14,15). The largest absolute Gasteiger partial charge is 0.361 e. The van der Waals surface area contributed by atoms with Crippen LogP contribution in [0.25, 0.3) is 10.6 Å². The van der Waals surface area contributed by atoms with Crippen LogP contribution in [0.1, 0.15) is 6.42 Å². The topological polar surface area (TPSA) is 63.8 Å². The zero-order valence-corrected chi connectivity index (χ0v) is 9.70. The fraction of sp³-hybridized carbons (Fsp3) is 0.273. The molecule has 2 heterocycles. The minimum atomic E-state index is 0.700. The van der Waals surface area contributed by atoms with E-state index >= 15 is 0 Å². The zero-order chi connectivity index (χ0) is 11.2. The fourth-order valence-electron chi connectivity index (χ4n) is 1.28. The summed E-state index contributed by atoms with van der Waals surface area (Å²) in [4.78, 5) is 9.65. The molecule has 0 radical (unpaired) electrons. The van der Waals surface area contributed by atoms with E-state index in [1.165, 1.54) is 0 Å². The maximum atomic E-state index is 5.42. The van der Waals surface area contributed by atoms with E-state index in [1.807, 2.05) is 24.4 Å². The van der Waals surface area contributed by atoms with E-state index in [0.717, 1.165) is 28.7 Å². The van der Waals surface area contributed by atoms with Crippen LogP contribution < -0.4 is 11.1 Å². The minimum Gasteiger partial charge on any atom is -0.361 e. The summed E-state index contributed by atoms with van der Waals surface area (Å²) in [5.41, 5.74) is 6.39. The Morgan fingerprint density at radius 1 is 1.31 bits per heavy atom. The molecule has 0 spiro atoms. The lowest BCUT2D eigenvalue weighted by atomic mass is 10.3.